The first-order valence-electron chi connectivity index (χ1n) is 11.2. The van der Waals surface area contributed by atoms with Gasteiger partial charge < -0.3 is 23.2 Å². The summed E-state index contributed by atoms with van der Waals surface area (Å²) in [6.07, 6.45) is 3.73. The van der Waals surface area contributed by atoms with E-state index in [9.17, 15) is 4.79 Å². The molecule has 0 atom stereocenters. The highest BCUT2D eigenvalue weighted by Crippen LogP contribution is 2.31. The SMILES string of the molecule is CCOC(=O)/C(=C/c1ccc2c(ccn2Cc2nc(-c3ccccc3OC)oc2C)c1)OCC. The highest BCUT2D eigenvalue weighted by Gasteiger charge is 2.16. The van der Waals surface area contributed by atoms with Gasteiger partial charge in [0.1, 0.15) is 17.2 Å². The number of para-hydroxylation sites is 1. The van der Waals surface area contributed by atoms with E-state index in [0.29, 0.717) is 25.6 Å². The minimum absolute atomic E-state index is 0.199. The summed E-state index contributed by atoms with van der Waals surface area (Å²) in [5, 5.41) is 1.04. The van der Waals surface area contributed by atoms with Crippen LogP contribution in [0, 0.1) is 6.92 Å². The van der Waals surface area contributed by atoms with Gasteiger partial charge in [0.05, 0.1) is 32.4 Å². The Kier molecular flexibility index (Phi) is 7.01. The molecule has 0 amide bonds. The Morgan fingerprint density at radius 2 is 1.88 bits per heavy atom. The van der Waals surface area contributed by atoms with Crippen LogP contribution in [0.5, 0.6) is 5.75 Å². The van der Waals surface area contributed by atoms with Gasteiger partial charge in [-0.2, -0.15) is 0 Å². The van der Waals surface area contributed by atoms with Crippen molar-refractivity contribution in [3.8, 4) is 17.2 Å². The van der Waals surface area contributed by atoms with E-state index in [2.05, 4.69) is 4.57 Å². The lowest BCUT2D eigenvalue weighted by molar-refractivity contribution is -0.142. The Labute approximate surface area is 198 Å². The Bertz CT molecular complexity index is 1330. The zero-order chi connectivity index (χ0) is 24.1. The van der Waals surface area contributed by atoms with E-state index in [1.165, 1.54) is 0 Å². The Hall–Kier alpha value is -4.00. The molecule has 7 heteroatoms. The summed E-state index contributed by atoms with van der Waals surface area (Å²) in [7, 11) is 1.63. The van der Waals surface area contributed by atoms with Crippen LogP contribution in [0.2, 0.25) is 0 Å². The molecule has 7 nitrogen and oxygen atoms in total. The van der Waals surface area contributed by atoms with Gasteiger partial charge in [0.25, 0.3) is 0 Å². The van der Waals surface area contributed by atoms with Crippen LogP contribution in [0.4, 0.5) is 0 Å². The Balaban J connectivity index is 1.60. The van der Waals surface area contributed by atoms with E-state index in [4.69, 9.17) is 23.6 Å². The Morgan fingerprint density at radius 1 is 1.09 bits per heavy atom. The molecule has 4 rings (SSSR count). The van der Waals surface area contributed by atoms with E-state index in [0.717, 1.165) is 39.2 Å². The van der Waals surface area contributed by atoms with Gasteiger partial charge in [-0.25, -0.2) is 9.78 Å². The number of esters is 1. The number of benzene rings is 2. The minimum atomic E-state index is -0.464. The molecule has 0 aliphatic heterocycles. The van der Waals surface area contributed by atoms with Crippen LogP contribution < -0.4 is 4.74 Å². The molecule has 0 saturated heterocycles. The van der Waals surface area contributed by atoms with Gasteiger partial charge >= 0.3 is 5.97 Å². The van der Waals surface area contributed by atoms with Crippen molar-refractivity contribution >= 4 is 22.9 Å². The monoisotopic (exact) mass is 460 g/mol. The zero-order valence-electron chi connectivity index (χ0n) is 19.8. The van der Waals surface area contributed by atoms with Crippen molar-refractivity contribution in [2.24, 2.45) is 0 Å². The maximum Gasteiger partial charge on any atom is 0.373 e. The second-order valence-electron chi connectivity index (χ2n) is 7.65. The highest BCUT2D eigenvalue weighted by atomic mass is 16.6. The largest absolute Gasteiger partial charge is 0.496 e. The molecule has 0 fully saturated rings. The number of nitrogens with zero attached hydrogens (tertiary/aromatic N) is 2. The molecule has 0 bridgehead atoms. The van der Waals surface area contributed by atoms with Crippen LogP contribution >= 0.6 is 0 Å². The second-order valence-corrected chi connectivity index (χ2v) is 7.65. The summed E-state index contributed by atoms with van der Waals surface area (Å²) in [6.45, 7) is 6.77. The maximum absolute atomic E-state index is 12.1. The van der Waals surface area contributed by atoms with E-state index >= 15 is 0 Å². The molecule has 0 aliphatic rings. The molecule has 0 spiro atoms. The van der Waals surface area contributed by atoms with Gasteiger partial charge in [-0.05, 0) is 62.7 Å². The lowest BCUT2D eigenvalue weighted by Crippen LogP contribution is -2.10. The normalized spacial score (nSPS) is 11.6. The van der Waals surface area contributed by atoms with Crippen LogP contribution in [0.1, 0.15) is 30.9 Å². The summed E-state index contributed by atoms with van der Waals surface area (Å²) in [5.74, 6) is 1.76. The smallest absolute Gasteiger partial charge is 0.373 e. The lowest BCUT2D eigenvalue weighted by atomic mass is 10.1. The number of carbonyl (C=O) groups excluding carboxylic acids is 1. The van der Waals surface area contributed by atoms with Crippen molar-refractivity contribution in [1.29, 1.82) is 0 Å². The van der Waals surface area contributed by atoms with E-state index in [-0.39, 0.29) is 5.76 Å². The molecule has 176 valence electrons. The summed E-state index contributed by atoms with van der Waals surface area (Å²) >= 11 is 0. The van der Waals surface area contributed by atoms with Gasteiger partial charge in [0.2, 0.25) is 11.6 Å². The number of hydrogen-bond acceptors (Lipinski definition) is 6. The van der Waals surface area contributed by atoms with E-state index < -0.39 is 5.97 Å². The third kappa shape index (κ3) is 4.83. The van der Waals surface area contributed by atoms with Gasteiger partial charge in [0, 0.05) is 17.1 Å². The topological polar surface area (TPSA) is 75.7 Å². The number of carbonyl (C=O) groups is 1. The summed E-state index contributed by atoms with van der Waals surface area (Å²) in [6, 6.07) is 15.7. The molecule has 4 aromatic rings. The molecule has 2 aromatic heterocycles. The summed E-state index contributed by atoms with van der Waals surface area (Å²) < 4.78 is 24.1. The average molecular weight is 461 g/mol. The van der Waals surface area contributed by atoms with Gasteiger partial charge in [0.15, 0.2) is 0 Å². The van der Waals surface area contributed by atoms with Gasteiger partial charge in [-0.1, -0.05) is 18.2 Å². The molecule has 2 aromatic carbocycles. The number of ether oxygens (including phenoxy) is 3. The molecule has 0 radical (unpaired) electrons. The standard InChI is InChI=1S/C27H28N2O5/c1-5-32-25(27(30)33-6-2)16-19-11-12-23-20(15-19)13-14-29(23)17-22-18(3)34-26(28-22)21-9-7-8-10-24(21)31-4/h7-16H,5-6,17H2,1-4H3/b25-16-. The van der Waals surface area contributed by atoms with Crippen LogP contribution in [-0.2, 0) is 20.8 Å². The predicted octanol–water partition coefficient (Wildman–Crippen LogP) is 5.60. The molecule has 0 N–H and O–H groups in total. The third-order valence-electron chi connectivity index (χ3n) is 5.42. The number of methoxy groups -OCH3 is 1. The lowest BCUT2D eigenvalue weighted by Gasteiger charge is -2.08. The van der Waals surface area contributed by atoms with Crippen molar-refractivity contribution in [3.63, 3.8) is 0 Å². The van der Waals surface area contributed by atoms with Crippen LogP contribution in [0.15, 0.2) is 64.9 Å². The van der Waals surface area contributed by atoms with Gasteiger partial charge in [-0.3, -0.25) is 0 Å². The molecular weight excluding hydrogens is 432 g/mol. The average Bonchev–Trinajstić information content (AvgIpc) is 3.42. The first kappa shape index (κ1) is 23.2. The fourth-order valence-electron chi connectivity index (χ4n) is 3.79. The van der Waals surface area contributed by atoms with Crippen molar-refractivity contribution in [3.05, 3.63) is 77.5 Å². The number of fused-ring (bicyclic) bond motifs is 1. The van der Waals surface area contributed by atoms with Gasteiger partial charge in [-0.15, -0.1) is 0 Å². The minimum Gasteiger partial charge on any atom is -0.496 e. The van der Waals surface area contributed by atoms with E-state index in [1.807, 2.05) is 68.6 Å². The number of hydrogen-bond donors (Lipinski definition) is 0. The van der Waals surface area contributed by atoms with Crippen molar-refractivity contribution in [2.75, 3.05) is 20.3 Å². The summed E-state index contributed by atoms with van der Waals surface area (Å²) in [5.41, 5.74) is 3.58. The number of aromatic nitrogens is 2. The maximum atomic E-state index is 12.1. The molecule has 0 aliphatic carbocycles. The quantitative estimate of drug-likeness (QED) is 0.184. The fourth-order valence-corrected chi connectivity index (χ4v) is 3.79. The molecule has 0 unspecified atom stereocenters. The van der Waals surface area contributed by atoms with Crippen molar-refractivity contribution < 1.29 is 23.4 Å². The Morgan fingerprint density at radius 3 is 2.65 bits per heavy atom. The van der Waals surface area contributed by atoms with Crippen molar-refractivity contribution in [1.82, 2.24) is 9.55 Å². The fraction of sp³-hybridized carbons (Fsp3) is 0.259. The molecular formula is C27H28N2O5. The third-order valence-corrected chi connectivity index (χ3v) is 5.42. The van der Waals surface area contributed by atoms with Crippen LogP contribution in [0.3, 0.4) is 0 Å². The highest BCUT2D eigenvalue weighted by molar-refractivity contribution is 5.92. The van der Waals surface area contributed by atoms with Crippen molar-refractivity contribution in [2.45, 2.75) is 27.3 Å². The predicted molar refractivity (Wildman–Crippen MR) is 131 cm³/mol. The second kappa shape index (κ2) is 10.3. The first-order valence-corrected chi connectivity index (χ1v) is 11.2. The number of rotatable bonds is 9. The molecule has 0 saturated carbocycles. The molecule has 2 heterocycles. The van der Waals surface area contributed by atoms with Crippen LogP contribution in [0.25, 0.3) is 28.4 Å². The van der Waals surface area contributed by atoms with Crippen LogP contribution in [-0.4, -0.2) is 35.8 Å². The number of oxazole rings is 1. The number of aryl methyl sites for hydroxylation is 1. The first-order chi connectivity index (χ1) is 16.5. The zero-order valence-corrected chi connectivity index (χ0v) is 19.8. The molecule has 34 heavy (non-hydrogen) atoms. The summed E-state index contributed by atoms with van der Waals surface area (Å²) in [4.78, 5) is 16.9. The van der Waals surface area contributed by atoms with E-state index in [1.54, 1.807) is 20.1 Å².